The first-order valence-corrected chi connectivity index (χ1v) is 11.8. The molecule has 0 atom stereocenters. The van der Waals surface area contributed by atoms with Gasteiger partial charge in [-0.3, -0.25) is 0 Å². The summed E-state index contributed by atoms with van der Waals surface area (Å²) >= 11 is 5.86. The van der Waals surface area contributed by atoms with E-state index in [1.54, 1.807) is 0 Å². The summed E-state index contributed by atoms with van der Waals surface area (Å²) in [7, 11) is 0. The average molecular weight is 391 g/mol. The van der Waals surface area contributed by atoms with Gasteiger partial charge in [0.1, 0.15) is 0 Å². The maximum absolute atomic E-state index is 2.37. The van der Waals surface area contributed by atoms with Crippen LogP contribution < -0.4 is 0 Å². The Morgan fingerprint density at radius 3 is 1.28 bits per heavy atom. The summed E-state index contributed by atoms with van der Waals surface area (Å²) < 4.78 is 0. The van der Waals surface area contributed by atoms with Crippen LogP contribution in [0.5, 0.6) is 0 Å². The molecule has 0 bridgehead atoms. The smallest absolute Gasteiger partial charge is 0.0184 e. The zero-order valence-electron chi connectivity index (χ0n) is 16.8. The molecule has 0 amide bonds. The van der Waals surface area contributed by atoms with Gasteiger partial charge in [0.15, 0.2) is 0 Å². The van der Waals surface area contributed by atoms with Crippen molar-refractivity contribution >= 4 is 35.3 Å². The van der Waals surface area contributed by atoms with E-state index in [2.05, 4.69) is 67.5 Å². The van der Waals surface area contributed by atoms with Gasteiger partial charge in [0.25, 0.3) is 0 Å². The molecule has 0 nitrogen and oxygen atoms in total. The maximum Gasteiger partial charge on any atom is 0.0184 e. The molecule has 0 unspecified atom stereocenters. The summed E-state index contributed by atoms with van der Waals surface area (Å²) in [5.41, 5.74) is 8.53. The van der Waals surface area contributed by atoms with Gasteiger partial charge in [0.05, 0.1) is 0 Å². The fourth-order valence-electron chi connectivity index (χ4n) is 3.07. The first-order chi connectivity index (χ1) is 11.8. The Hall–Kier alpha value is -0.510. The van der Waals surface area contributed by atoms with Gasteiger partial charge in [0.2, 0.25) is 0 Å². The van der Waals surface area contributed by atoms with Gasteiger partial charge in [-0.25, -0.2) is 0 Å². The number of hydrogen-bond acceptors (Lipinski definition) is 3. The van der Waals surface area contributed by atoms with E-state index in [1.807, 2.05) is 35.3 Å². The van der Waals surface area contributed by atoms with Crippen LogP contribution in [0.3, 0.4) is 0 Å². The number of benzene rings is 2. The van der Waals surface area contributed by atoms with Crippen molar-refractivity contribution in [1.29, 1.82) is 0 Å². The maximum atomic E-state index is 2.37. The van der Waals surface area contributed by atoms with Crippen LogP contribution in [-0.4, -0.2) is 11.5 Å². The first kappa shape index (κ1) is 20.8. The van der Waals surface area contributed by atoms with E-state index in [1.165, 1.54) is 53.0 Å². The number of thioether (sulfide) groups is 2. The van der Waals surface area contributed by atoms with E-state index < -0.39 is 0 Å². The number of hydrogen-bond donors (Lipinski definition) is 0. The van der Waals surface area contributed by atoms with E-state index in [0.717, 1.165) is 11.5 Å². The van der Waals surface area contributed by atoms with Gasteiger partial charge in [-0.2, -0.15) is 0 Å². The fourth-order valence-corrected chi connectivity index (χ4v) is 6.21. The van der Waals surface area contributed by atoms with Crippen molar-refractivity contribution in [3.8, 4) is 0 Å². The van der Waals surface area contributed by atoms with Crippen LogP contribution >= 0.6 is 35.3 Å². The molecule has 0 aromatic heterocycles. The molecule has 0 saturated heterocycles. The average Bonchev–Trinajstić information content (AvgIpc) is 2.57. The number of aryl methyl sites for hydroxylation is 2. The zero-order chi connectivity index (χ0) is 18.7. The lowest BCUT2D eigenvalue weighted by molar-refractivity contribution is 1.08. The predicted octanol–water partition coefficient (Wildman–Crippen LogP) is 7.91. The van der Waals surface area contributed by atoms with E-state index in [-0.39, 0.29) is 0 Å². The van der Waals surface area contributed by atoms with Crippen LogP contribution in [-0.2, 0) is 0 Å². The summed E-state index contributed by atoms with van der Waals surface area (Å²) in [4.78, 5) is 5.72. The summed E-state index contributed by atoms with van der Waals surface area (Å²) in [5, 5.41) is 0. The van der Waals surface area contributed by atoms with Crippen LogP contribution in [0.1, 0.15) is 47.2 Å². The molecular formula is C22H30S3. The van der Waals surface area contributed by atoms with Gasteiger partial charge in [-0.1, -0.05) is 25.6 Å². The lowest BCUT2D eigenvalue weighted by atomic mass is 10.1. The fraction of sp³-hybridized carbons (Fsp3) is 0.455. The second kappa shape index (κ2) is 8.92. The first-order valence-electron chi connectivity index (χ1n) is 8.96. The largest absolute Gasteiger partial charge is 0.126 e. The molecule has 0 fully saturated rings. The molecule has 2 aromatic rings. The van der Waals surface area contributed by atoms with Crippen LogP contribution in [0.4, 0.5) is 0 Å². The van der Waals surface area contributed by atoms with Crippen molar-refractivity contribution in [2.75, 3.05) is 11.5 Å². The normalized spacial score (nSPS) is 11.2. The molecule has 0 radical (unpaired) electrons. The second-order valence-electron chi connectivity index (χ2n) is 6.51. The molecule has 0 aliphatic carbocycles. The van der Waals surface area contributed by atoms with Gasteiger partial charge in [-0.15, -0.1) is 23.5 Å². The topological polar surface area (TPSA) is 0 Å². The minimum absolute atomic E-state index is 1.13. The van der Waals surface area contributed by atoms with E-state index >= 15 is 0 Å². The predicted molar refractivity (Wildman–Crippen MR) is 118 cm³/mol. The molecule has 2 aromatic carbocycles. The van der Waals surface area contributed by atoms with E-state index in [4.69, 9.17) is 0 Å². The molecule has 0 N–H and O–H groups in total. The van der Waals surface area contributed by atoms with Crippen molar-refractivity contribution in [2.45, 2.75) is 75.0 Å². The Morgan fingerprint density at radius 1 is 0.600 bits per heavy atom. The summed E-state index contributed by atoms with van der Waals surface area (Å²) in [5.74, 6) is 2.25. The zero-order valence-corrected chi connectivity index (χ0v) is 19.2. The molecule has 0 spiro atoms. The van der Waals surface area contributed by atoms with Gasteiger partial charge in [0, 0.05) is 19.6 Å². The molecule has 2 rings (SSSR count). The van der Waals surface area contributed by atoms with E-state index in [9.17, 15) is 0 Å². The van der Waals surface area contributed by atoms with Gasteiger partial charge in [-0.05, 0) is 98.6 Å². The minimum Gasteiger partial charge on any atom is -0.126 e. The Labute approximate surface area is 167 Å². The van der Waals surface area contributed by atoms with Crippen LogP contribution in [0.25, 0.3) is 0 Å². The van der Waals surface area contributed by atoms with Crippen molar-refractivity contribution in [3.63, 3.8) is 0 Å². The summed E-state index contributed by atoms with van der Waals surface area (Å²) in [6.07, 6.45) is 0. The quantitative estimate of drug-likeness (QED) is 0.460. The minimum atomic E-state index is 1.13. The summed E-state index contributed by atoms with van der Waals surface area (Å²) in [6, 6.07) is 4.75. The molecule has 136 valence electrons. The van der Waals surface area contributed by atoms with Crippen molar-refractivity contribution in [2.24, 2.45) is 0 Å². The highest BCUT2D eigenvalue weighted by atomic mass is 32.2. The van der Waals surface area contributed by atoms with Gasteiger partial charge < -0.3 is 0 Å². The molecular weight excluding hydrogens is 360 g/mol. The van der Waals surface area contributed by atoms with Gasteiger partial charge >= 0.3 is 0 Å². The lowest BCUT2D eigenvalue weighted by Gasteiger charge is -2.20. The number of rotatable bonds is 6. The Balaban J connectivity index is 2.50. The molecule has 0 aliphatic heterocycles. The highest BCUT2D eigenvalue weighted by molar-refractivity contribution is 8.00. The Morgan fingerprint density at radius 2 is 0.960 bits per heavy atom. The van der Waals surface area contributed by atoms with Crippen LogP contribution in [0, 0.1) is 41.5 Å². The molecule has 3 heteroatoms. The third-order valence-corrected chi connectivity index (χ3v) is 8.47. The Bertz CT molecular complexity index is 710. The second-order valence-corrected chi connectivity index (χ2v) is 10.1. The van der Waals surface area contributed by atoms with Crippen LogP contribution in [0.15, 0.2) is 31.7 Å². The standard InChI is InChI=1S/C22H30S3/c1-9-23-19-11-13(3)21(17(7)15(19)5)25-22-14(4)12-20(24-10-2)16(6)18(22)8/h11-12H,9-10H2,1-8H3. The highest BCUT2D eigenvalue weighted by Gasteiger charge is 2.16. The lowest BCUT2D eigenvalue weighted by Crippen LogP contribution is -1.97. The molecule has 25 heavy (non-hydrogen) atoms. The third kappa shape index (κ3) is 4.43. The summed E-state index contributed by atoms with van der Waals surface area (Å²) in [6.45, 7) is 18.1. The van der Waals surface area contributed by atoms with Crippen molar-refractivity contribution < 1.29 is 0 Å². The SMILES string of the molecule is CCSc1cc(C)c(Sc2c(C)cc(SCC)c(C)c2C)c(C)c1C. The molecule has 0 aliphatic rings. The van der Waals surface area contributed by atoms with Crippen molar-refractivity contribution in [3.05, 3.63) is 45.5 Å². The molecule has 0 heterocycles. The Kier molecular flexibility index (Phi) is 7.42. The monoisotopic (exact) mass is 390 g/mol. The molecule has 0 saturated carbocycles. The van der Waals surface area contributed by atoms with Crippen molar-refractivity contribution in [1.82, 2.24) is 0 Å². The third-order valence-electron chi connectivity index (χ3n) is 4.76. The van der Waals surface area contributed by atoms with Crippen LogP contribution in [0.2, 0.25) is 0 Å². The highest BCUT2D eigenvalue weighted by Crippen LogP contribution is 2.42. The van der Waals surface area contributed by atoms with E-state index in [0.29, 0.717) is 0 Å².